The Labute approximate surface area is 167 Å². The van der Waals surface area contributed by atoms with Gasteiger partial charge >= 0.3 is 0 Å². The Hall–Kier alpha value is -1.11. The molecule has 1 aliphatic rings. The number of halogens is 1. The molecule has 6 heteroatoms. The normalized spacial score (nSPS) is 16.9. The number of hydrogen-bond acceptors (Lipinski definition) is 3. The van der Waals surface area contributed by atoms with Crippen molar-refractivity contribution in [1.82, 2.24) is 20.4 Å². The molecule has 146 valence electrons. The van der Waals surface area contributed by atoms with E-state index in [1.54, 1.807) is 0 Å². The molecule has 5 nitrogen and oxygen atoms in total. The maximum absolute atomic E-state index is 4.72. The zero-order valence-electron chi connectivity index (χ0n) is 16.5. The molecule has 2 rings (SSSR count). The monoisotopic (exact) mass is 423 g/mol. The summed E-state index contributed by atoms with van der Waals surface area (Å²) in [5, 5.41) is 7.01. The summed E-state index contributed by atoms with van der Waals surface area (Å²) in [7, 11) is 4.21. The molecule has 1 aliphatic heterocycles. The first-order chi connectivity index (χ1) is 12.6. The van der Waals surface area contributed by atoms with Gasteiger partial charge in [-0.2, -0.15) is 0 Å². The summed E-state index contributed by atoms with van der Waals surface area (Å²) in [5.41, 5.74) is 1.38. The van der Waals surface area contributed by atoms with Gasteiger partial charge in [0.1, 0.15) is 0 Å². The molecule has 0 atom stereocenters. The van der Waals surface area contributed by atoms with Crippen LogP contribution in [0.2, 0.25) is 0 Å². The van der Waals surface area contributed by atoms with Gasteiger partial charge in [0.25, 0.3) is 0 Å². The predicted octanol–water partition coefficient (Wildman–Crippen LogP) is 2.92. The largest absolute Gasteiger partial charge is 0.357 e. The van der Waals surface area contributed by atoms with Crippen molar-refractivity contribution in [3.05, 3.63) is 34.3 Å². The van der Waals surface area contributed by atoms with Crippen LogP contribution in [-0.4, -0.2) is 68.6 Å². The molecule has 2 N–H and O–H groups in total. The zero-order chi connectivity index (χ0) is 18.8. The van der Waals surface area contributed by atoms with E-state index >= 15 is 0 Å². The zero-order valence-corrected chi connectivity index (χ0v) is 18.1. The van der Waals surface area contributed by atoms with Gasteiger partial charge in [-0.1, -0.05) is 28.1 Å². The molecule has 1 aromatic rings. The summed E-state index contributed by atoms with van der Waals surface area (Å²) in [6, 6.07) is 9.18. The van der Waals surface area contributed by atoms with Crippen LogP contribution in [0.3, 0.4) is 0 Å². The Balaban J connectivity index is 1.74. The van der Waals surface area contributed by atoms with E-state index in [0.29, 0.717) is 6.04 Å². The number of guanidine groups is 1. The maximum atomic E-state index is 4.72. The molecule has 0 spiro atoms. The van der Waals surface area contributed by atoms with E-state index in [2.05, 4.69) is 81.6 Å². The average Bonchev–Trinajstić information content (AvgIpc) is 2.62. The first-order valence-electron chi connectivity index (χ1n) is 9.73. The minimum Gasteiger partial charge on any atom is -0.357 e. The highest BCUT2D eigenvalue weighted by Crippen LogP contribution is 2.16. The lowest BCUT2D eigenvalue weighted by Gasteiger charge is -2.33. The number of aliphatic imine (C=N–C) groups is 1. The number of piperidine rings is 1. The van der Waals surface area contributed by atoms with Gasteiger partial charge in [-0.15, -0.1) is 0 Å². The number of rotatable bonds is 8. The Morgan fingerprint density at radius 2 is 1.92 bits per heavy atom. The van der Waals surface area contributed by atoms with E-state index in [1.807, 2.05) is 0 Å². The molecular weight excluding hydrogens is 390 g/mol. The van der Waals surface area contributed by atoms with Crippen LogP contribution in [0.15, 0.2) is 33.7 Å². The molecular formula is C20H34BrN5. The minimum atomic E-state index is 0.516. The van der Waals surface area contributed by atoms with E-state index in [-0.39, 0.29) is 0 Å². The van der Waals surface area contributed by atoms with E-state index in [4.69, 9.17) is 4.99 Å². The lowest BCUT2D eigenvalue weighted by Crippen LogP contribution is -2.48. The van der Waals surface area contributed by atoms with Gasteiger partial charge in [-0.25, -0.2) is 0 Å². The maximum Gasteiger partial charge on any atom is 0.191 e. The number of hydrogen-bond donors (Lipinski definition) is 2. The predicted molar refractivity (Wildman–Crippen MR) is 115 cm³/mol. The highest BCUT2D eigenvalue weighted by molar-refractivity contribution is 9.10. The molecule has 0 amide bonds. The Kier molecular flexibility index (Phi) is 9.43. The molecule has 0 aliphatic carbocycles. The highest BCUT2D eigenvalue weighted by Gasteiger charge is 2.20. The van der Waals surface area contributed by atoms with Crippen LogP contribution in [0.4, 0.5) is 0 Å². The lowest BCUT2D eigenvalue weighted by atomic mass is 10.0. The van der Waals surface area contributed by atoms with Crippen molar-refractivity contribution >= 4 is 21.9 Å². The van der Waals surface area contributed by atoms with Crippen LogP contribution in [-0.2, 0) is 6.54 Å². The van der Waals surface area contributed by atoms with Gasteiger partial charge in [0.2, 0.25) is 0 Å². The smallest absolute Gasteiger partial charge is 0.191 e. The van der Waals surface area contributed by atoms with Crippen molar-refractivity contribution in [2.75, 3.05) is 46.8 Å². The molecule has 0 unspecified atom stereocenters. The van der Waals surface area contributed by atoms with Crippen molar-refractivity contribution in [2.45, 2.75) is 38.8 Å². The highest BCUT2D eigenvalue weighted by atomic mass is 79.9. The summed E-state index contributed by atoms with van der Waals surface area (Å²) < 4.78 is 1.14. The second kappa shape index (κ2) is 11.6. The van der Waals surface area contributed by atoms with Crippen LogP contribution in [0, 0.1) is 0 Å². The fourth-order valence-electron chi connectivity index (χ4n) is 3.17. The fourth-order valence-corrected chi connectivity index (χ4v) is 3.44. The van der Waals surface area contributed by atoms with Gasteiger partial charge in [0.15, 0.2) is 5.96 Å². The van der Waals surface area contributed by atoms with Crippen LogP contribution in [0.5, 0.6) is 0 Å². The van der Waals surface area contributed by atoms with Crippen molar-refractivity contribution in [3.63, 3.8) is 0 Å². The Morgan fingerprint density at radius 3 is 2.54 bits per heavy atom. The van der Waals surface area contributed by atoms with E-state index in [9.17, 15) is 0 Å². The molecule has 0 saturated carbocycles. The van der Waals surface area contributed by atoms with Gasteiger partial charge in [-0.05, 0) is 64.5 Å². The van der Waals surface area contributed by atoms with Crippen LogP contribution in [0.25, 0.3) is 0 Å². The van der Waals surface area contributed by atoms with Crippen LogP contribution in [0.1, 0.15) is 31.7 Å². The number of benzene rings is 1. The third-order valence-corrected chi connectivity index (χ3v) is 5.15. The summed E-state index contributed by atoms with van der Waals surface area (Å²) in [4.78, 5) is 9.47. The van der Waals surface area contributed by atoms with E-state index in [1.165, 1.54) is 18.4 Å². The van der Waals surface area contributed by atoms with Crippen LogP contribution < -0.4 is 10.6 Å². The topological polar surface area (TPSA) is 42.9 Å². The second-order valence-corrected chi connectivity index (χ2v) is 8.15. The summed E-state index contributed by atoms with van der Waals surface area (Å²) in [6.45, 7) is 8.28. The third kappa shape index (κ3) is 8.06. The molecule has 26 heavy (non-hydrogen) atoms. The Morgan fingerprint density at radius 1 is 1.23 bits per heavy atom. The third-order valence-electron chi connectivity index (χ3n) is 4.63. The summed E-state index contributed by atoms with van der Waals surface area (Å²) in [5.74, 6) is 0.970. The van der Waals surface area contributed by atoms with E-state index in [0.717, 1.165) is 56.1 Å². The quantitative estimate of drug-likeness (QED) is 0.383. The molecule has 0 bridgehead atoms. The number of nitrogens with one attached hydrogen (secondary N) is 2. The van der Waals surface area contributed by atoms with Gasteiger partial charge in [0.05, 0.1) is 0 Å². The summed E-state index contributed by atoms with van der Waals surface area (Å²) in [6.07, 6.45) is 3.42. The van der Waals surface area contributed by atoms with Gasteiger partial charge in [0, 0.05) is 43.2 Å². The number of likely N-dealkylation sites (tertiary alicyclic amines) is 1. The van der Waals surface area contributed by atoms with E-state index < -0.39 is 0 Å². The standard InChI is InChI=1S/C20H34BrN5/c1-4-22-20(23-12-5-13-25(2)3)24-19-10-14-26(15-11-19)16-17-6-8-18(21)9-7-17/h6-9,19H,4-5,10-16H2,1-3H3,(H2,22,23,24). The molecule has 1 saturated heterocycles. The lowest BCUT2D eigenvalue weighted by molar-refractivity contribution is 0.198. The fraction of sp³-hybridized carbons (Fsp3) is 0.650. The minimum absolute atomic E-state index is 0.516. The average molecular weight is 424 g/mol. The Bertz CT molecular complexity index is 536. The van der Waals surface area contributed by atoms with Crippen molar-refractivity contribution in [3.8, 4) is 0 Å². The first kappa shape index (κ1) is 21.2. The molecule has 1 fully saturated rings. The summed E-state index contributed by atoms with van der Waals surface area (Å²) >= 11 is 3.50. The van der Waals surface area contributed by atoms with Gasteiger partial charge in [-0.3, -0.25) is 9.89 Å². The second-order valence-electron chi connectivity index (χ2n) is 7.24. The van der Waals surface area contributed by atoms with Crippen molar-refractivity contribution in [1.29, 1.82) is 0 Å². The molecule has 1 heterocycles. The van der Waals surface area contributed by atoms with Crippen molar-refractivity contribution in [2.24, 2.45) is 4.99 Å². The SMILES string of the molecule is CCNC(=NCCCN(C)C)NC1CCN(Cc2ccc(Br)cc2)CC1. The molecule has 1 aromatic carbocycles. The molecule has 0 radical (unpaired) electrons. The number of nitrogens with zero attached hydrogens (tertiary/aromatic N) is 3. The van der Waals surface area contributed by atoms with Crippen LogP contribution >= 0.6 is 15.9 Å². The molecule has 0 aromatic heterocycles. The van der Waals surface area contributed by atoms with Gasteiger partial charge < -0.3 is 15.5 Å². The van der Waals surface area contributed by atoms with Crippen molar-refractivity contribution < 1.29 is 0 Å². The first-order valence-corrected chi connectivity index (χ1v) is 10.5.